The molecule has 0 aromatic heterocycles. The third kappa shape index (κ3) is 1.24. The van der Waals surface area contributed by atoms with E-state index in [1.165, 1.54) is 0 Å². The van der Waals surface area contributed by atoms with Gasteiger partial charge in [-0.2, -0.15) is 8.42 Å². The van der Waals surface area contributed by atoms with Crippen molar-refractivity contribution in [3.63, 3.8) is 0 Å². The molecule has 3 nitrogen and oxygen atoms in total. The Morgan fingerprint density at radius 3 is 1.89 bits per heavy atom. The third-order valence-corrected chi connectivity index (χ3v) is 3.31. The molecule has 1 fully saturated rings. The summed E-state index contributed by atoms with van der Waals surface area (Å²) in [5.74, 6) is 0. The van der Waals surface area contributed by atoms with Crippen LogP contribution in [0.5, 0.6) is 0 Å². The Morgan fingerprint density at radius 2 is 1.89 bits per heavy atom. The van der Waals surface area contributed by atoms with Gasteiger partial charge in [0.1, 0.15) is 0 Å². The fourth-order valence-electron chi connectivity index (χ4n) is 0.927. The normalized spacial score (nSPS) is 32.1. The molecule has 1 aliphatic carbocycles. The number of hydrogen-bond donors (Lipinski definition) is 1. The van der Waals surface area contributed by atoms with Gasteiger partial charge in [-0.05, 0) is 11.8 Å². The Kier molecular flexibility index (Phi) is 1.16. The number of rotatable bonds is 1. The van der Waals surface area contributed by atoms with Crippen LogP contribution in [0.25, 0.3) is 0 Å². The Morgan fingerprint density at radius 1 is 1.56 bits per heavy atom. The van der Waals surface area contributed by atoms with Gasteiger partial charge >= 0.3 is 0 Å². The summed E-state index contributed by atoms with van der Waals surface area (Å²) in [6.45, 7) is 3.65. The lowest BCUT2D eigenvalue weighted by Crippen LogP contribution is -2.09. The van der Waals surface area contributed by atoms with Crippen molar-refractivity contribution in [2.24, 2.45) is 5.41 Å². The molecule has 1 N–H and O–H groups in total. The van der Waals surface area contributed by atoms with Gasteiger partial charge < -0.3 is 0 Å². The standard InChI is InChI=1S/C5H10O3S/c1-5(2)3-4(5)9(6,7)8/h4H,3H2,1-2H3,(H,6,7,8). The van der Waals surface area contributed by atoms with E-state index in [0.29, 0.717) is 6.42 Å². The average molecular weight is 150 g/mol. The van der Waals surface area contributed by atoms with Gasteiger partial charge in [0.05, 0.1) is 5.25 Å². The predicted molar refractivity (Wildman–Crippen MR) is 33.7 cm³/mol. The van der Waals surface area contributed by atoms with Crippen LogP contribution in [0.3, 0.4) is 0 Å². The molecule has 0 bridgehead atoms. The summed E-state index contributed by atoms with van der Waals surface area (Å²) >= 11 is 0. The van der Waals surface area contributed by atoms with Crippen LogP contribution in [0, 0.1) is 5.41 Å². The highest BCUT2D eigenvalue weighted by atomic mass is 32.2. The summed E-state index contributed by atoms with van der Waals surface area (Å²) in [6, 6.07) is 0. The first-order valence-corrected chi connectivity index (χ1v) is 4.31. The molecule has 0 saturated heterocycles. The van der Waals surface area contributed by atoms with Crippen molar-refractivity contribution in [1.29, 1.82) is 0 Å². The molecule has 1 rings (SSSR count). The molecular weight excluding hydrogens is 140 g/mol. The fourth-order valence-corrected chi connectivity index (χ4v) is 2.37. The van der Waals surface area contributed by atoms with E-state index in [-0.39, 0.29) is 5.41 Å². The second-order valence-corrected chi connectivity index (χ2v) is 4.80. The molecule has 1 saturated carbocycles. The first-order chi connectivity index (χ1) is 3.84. The maximum atomic E-state index is 10.4. The first-order valence-electron chi connectivity index (χ1n) is 2.80. The molecule has 0 heterocycles. The van der Waals surface area contributed by atoms with Gasteiger partial charge in [-0.1, -0.05) is 13.8 Å². The highest BCUT2D eigenvalue weighted by molar-refractivity contribution is 7.86. The van der Waals surface area contributed by atoms with E-state index >= 15 is 0 Å². The van der Waals surface area contributed by atoms with Crippen LogP contribution in [0.1, 0.15) is 20.3 Å². The average Bonchev–Trinajstić information content (AvgIpc) is 2.10. The second-order valence-electron chi connectivity index (χ2n) is 3.20. The monoisotopic (exact) mass is 150 g/mol. The molecule has 1 atom stereocenters. The summed E-state index contributed by atoms with van der Waals surface area (Å²) in [6.07, 6.45) is 0.589. The van der Waals surface area contributed by atoms with Crippen molar-refractivity contribution in [2.75, 3.05) is 0 Å². The van der Waals surface area contributed by atoms with Crippen molar-refractivity contribution in [2.45, 2.75) is 25.5 Å². The van der Waals surface area contributed by atoms with Gasteiger partial charge in [0.2, 0.25) is 0 Å². The largest absolute Gasteiger partial charge is 0.285 e. The van der Waals surface area contributed by atoms with Gasteiger partial charge in [-0.3, -0.25) is 4.55 Å². The molecule has 0 amide bonds. The second kappa shape index (κ2) is 1.49. The van der Waals surface area contributed by atoms with E-state index in [2.05, 4.69) is 0 Å². The third-order valence-electron chi connectivity index (χ3n) is 1.78. The molecule has 1 unspecified atom stereocenters. The predicted octanol–water partition coefficient (Wildman–Crippen LogP) is 0.673. The Labute approximate surface area is 54.8 Å². The van der Waals surface area contributed by atoms with Crippen molar-refractivity contribution in [1.82, 2.24) is 0 Å². The van der Waals surface area contributed by atoms with Crippen LogP contribution < -0.4 is 0 Å². The SMILES string of the molecule is CC1(C)CC1S(=O)(=O)O. The summed E-state index contributed by atoms with van der Waals surface area (Å²) in [5.41, 5.74) is -0.187. The maximum absolute atomic E-state index is 10.4. The molecule has 4 heteroatoms. The lowest BCUT2D eigenvalue weighted by molar-refractivity contribution is 0.473. The molecule has 0 aromatic rings. The Bertz CT molecular complexity index is 214. The van der Waals surface area contributed by atoms with Gasteiger partial charge in [0.15, 0.2) is 0 Å². The highest BCUT2D eigenvalue weighted by Crippen LogP contribution is 2.49. The topological polar surface area (TPSA) is 54.4 Å². The maximum Gasteiger partial charge on any atom is 0.268 e. The van der Waals surface area contributed by atoms with E-state index < -0.39 is 15.4 Å². The van der Waals surface area contributed by atoms with Gasteiger partial charge in [0, 0.05) is 0 Å². The van der Waals surface area contributed by atoms with Crippen molar-refractivity contribution >= 4 is 10.1 Å². The molecule has 0 radical (unpaired) electrons. The van der Waals surface area contributed by atoms with E-state index in [1.807, 2.05) is 13.8 Å². The molecule has 54 valence electrons. The van der Waals surface area contributed by atoms with Gasteiger partial charge in [-0.15, -0.1) is 0 Å². The van der Waals surface area contributed by atoms with Crippen LogP contribution in [0.15, 0.2) is 0 Å². The van der Waals surface area contributed by atoms with Crippen molar-refractivity contribution in [3.8, 4) is 0 Å². The zero-order valence-electron chi connectivity index (χ0n) is 5.46. The minimum Gasteiger partial charge on any atom is -0.285 e. The lowest BCUT2D eigenvalue weighted by Gasteiger charge is -1.96. The number of hydrogen-bond acceptors (Lipinski definition) is 2. The van der Waals surface area contributed by atoms with Crippen LogP contribution >= 0.6 is 0 Å². The summed E-state index contributed by atoms with van der Waals surface area (Å²) in [7, 11) is -3.74. The van der Waals surface area contributed by atoms with Crippen LogP contribution in [0.4, 0.5) is 0 Å². The Balaban J connectivity index is 2.75. The lowest BCUT2D eigenvalue weighted by atomic mass is 10.2. The zero-order chi connectivity index (χ0) is 7.28. The molecule has 0 aliphatic heterocycles. The van der Waals surface area contributed by atoms with Gasteiger partial charge in [0.25, 0.3) is 10.1 Å². The molecule has 1 aliphatic rings. The zero-order valence-corrected chi connectivity index (χ0v) is 6.27. The highest BCUT2D eigenvalue weighted by Gasteiger charge is 2.53. The van der Waals surface area contributed by atoms with E-state index in [4.69, 9.17) is 4.55 Å². The molecular formula is C5H10O3S. The smallest absolute Gasteiger partial charge is 0.268 e. The fraction of sp³-hybridized carbons (Fsp3) is 1.00. The summed E-state index contributed by atoms with van der Waals surface area (Å²) in [5, 5.41) is -0.509. The minimum atomic E-state index is -3.74. The van der Waals surface area contributed by atoms with E-state index in [0.717, 1.165) is 0 Å². The quantitative estimate of drug-likeness (QED) is 0.559. The summed E-state index contributed by atoms with van der Waals surface area (Å²) < 4.78 is 29.2. The first kappa shape index (κ1) is 7.02. The van der Waals surface area contributed by atoms with E-state index in [9.17, 15) is 8.42 Å². The molecule has 0 spiro atoms. The van der Waals surface area contributed by atoms with Crippen LogP contribution in [0.2, 0.25) is 0 Å². The van der Waals surface area contributed by atoms with Crippen molar-refractivity contribution < 1.29 is 13.0 Å². The van der Waals surface area contributed by atoms with Crippen LogP contribution in [-0.2, 0) is 10.1 Å². The molecule has 9 heavy (non-hydrogen) atoms. The van der Waals surface area contributed by atoms with Crippen molar-refractivity contribution in [3.05, 3.63) is 0 Å². The minimum absolute atomic E-state index is 0.187. The van der Waals surface area contributed by atoms with Crippen LogP contribution in [-0.4, -0.2) is 18.2 Å². The summed E-state index contributed by atoms with van der Waals surface area (Å²) in [4.78, 5) is 0. The van der Waals surface area contributed by atoms with E-state index in [1.54, 1.807) is 0 Å². The molecule has 0 aromatic carbocycles. The Hall–Kier alpha value is -0.0900. The van der Waals surface area contributed by atoms with Gasteiger partial charge in [-0.25, -0.2) is 0 Å².